The molecule has 0 aromatic carbocycles. The van der Waals surface area contributed by atoms with Gasteiger partial charge in [0.15, 0.2) is 0 Å². The Bertz CT molecular complexity index is 135. The van der Waals surface area contributed by atoms with Crippen molar-refractivity contribution in [2.45, 2.75) is 58.2 Å². The largest absolute Gasteiger partial charge is 0.459 e. The molecule has 1 aliphatic heterocycles. The van der Waals surface area contributed by atoms with Crippen LogP contribution in [0.3, 0.4) is 0 Å². The van der Waals surface area contributed by atoms with Crippen molar-refractivity contribution in [3.63, 3.8) is 0 Å². The molecule has 0 atom stereocenters. The lowest BCUT2D eigenvalue weighted by molar-refractivity contribution is -0.0295. The molecule has 1 aliphatic rings. The summed E-state index contributed by atoms with van der Waals surface area (Å²) in [4.78, 5) is 0. The number of hydrogen-bond donors (Lipinski definition) is 0. The molecule has 0 saturated carbocycles. The van der Waals surface area contributed by atoms with Crippen molar-refractivity contribution in [2.24, 2.45) is 0 Å². The molecule has 0 amide bonds. The van der Waals surface area contributed by atoms with Gasteiger partial charge in [-0.3, -0.25) is 0 Å². The van der Waals surface area contributed by atoms with Crippen LogP contribution in [0.2, 0.25) is 0 Å². The van der Waals surface area contributed by atoms with Crippen LogP contribution in [0.25, 0.3) is 0 Å². The number of rotatable bonds is 7. The molecule has 1 heterocycles. The van der Waals surface area contributed by atoms with Crippen molar-refractivity contribution in [3.05, 3.63) is 12.5 Å². The van der Waals surface area contributed by atoms with E-state index in [9.17, 15) is 0 Å². The summed E-state index contributed by atoms with van der Waals surface area (Å²) in [6.45, 7) is 2.24. The van der Waals surface area contributed by atoms with Gasteiger partial charge in [0, 0.05) is 6.42 Å². The van der Waals surface area contributed by atoms with E-state index in [4.69, 9.17) is 9.47 Å². The second kappa shape index (κ2) is 6.81. The highest BCUT2D eigenvalue weighted by atomic mass is 16.7. The van der Waals surface area contributed by atoms with Gasteiger partial charge in [-0.25, -0.2) is 0 Å². The lowest BCUT2D eigenvalue weighted by atomic mass is 10.1. The molecule has 1 rings (SSSR count). The monoisotopic (exact) mass is 184 g/mol. The summed E-state index contributed by atoms with van der Waals surface area (Å²) >= 11 is 0. The van der Waals surface area contributed by atoms with E-state index < -0.39 is 0 Å². The molecule has 2 heteroatoms. The predicted molar refractivity (Wildman–Crippen MR) is 53.1 cm³/mol. The quantitative estimate of drug-likeness (QED) is 0.563. The van der Waals surface area contributed by atoms with Gasteiger partial charge < -0.3 is 9.47 Å². The molecule has 0 bridgehead atoms. The number of ether oxygens (including phenoxy) is 2. The second-order valence-electron chi connectivity index (χ2n) is 3.53. The average molecular weight is 184 g/mol. The third-order valence-corrected chi connectivity index (χ3v) is 2.31. The molecule has 0 radical (unpaired) electrons. The first-order chi connectivity index (χ1) is 6.43. The van der Waals surface area contributed by atoms with Crippen LogP contribution >= 0.6 is 0 Å². The summed E-state index contributed by atoms with van der Waals surface area (Å²) in [7, 11) is 0. The number of hydrogen-bond acceptors (Lipinski definition) is 2. The molecule has 0 aliphatic carbocycles. The fourth-order valence-electron chi connectivity index (χ4n) is 1.50. The maximum Gasteiger partial charge on any atom is 0.239 e. The standard InChI is InChI=1S/C11H20O2/c1-2-3-4-5-6-7-8-11-12-9-10-13-11/h9-11H,2-8H2,1H3. The molecule has 0 N–H and O–H groups in total. The zero-order chi connectivity index (χ0) is 9.36. The summed E-state index contributed by atoms with van der Waals surface area (Å²) < 4.78 is 10.4. The fraction of sp³-hybridized carbons (Fsp3) is 0.818. The van der Waals surface area contributed by atoms with Crippen LogP contribution in [0, 0.1) is 0 Å². The van der Waals surface area contributed by atoms with Crippen molar-refractivity contribution in [2.75, 3.05) is 0 Å². The molecule has 0 fully saturated rings. The Kier molecular flexibility index (Phi) is 5.46. The maximum absolute atomic E-state index is 5.18. The Balaban J connectivity index is 1.78. The van der Waals surface area contributed by atoms with Crippen molar-refractivity contribution >= 4 is 0 Å². The highest BCUT2D eigenvalue weighted by Crippen LogP contribution is 2.14. The first-order valence-electron chi connectivity index (χ1n) is 5.39. The molecule has 0 aromatic heterocycles. The molecule has 0 aromatic rings. The van der Waals surface area contributed by atoms with Gasteiger partial charge in [-0.1, -0.05) is 39.0 Å². The molecular formula is C11H20O2. The first-order valence-corrected chi connectivity index (χ1v) is 5.39. The Morgan fingerprint density at radius 1 is 0.923 bits per heavy atom. The van der Waals surface area contributed by atoms with Gasteiger partial charge >= 0.3 is 0 Å². The Morgan fingerprint density at radius 3 is 2.23 bits per heavy atom. The predicted octanol–water partition coefficient (Wildman–Crippen LogP) is 3.58. The third-order valence-electron chi connectivity index (χ3n) is 2.31. The smallest absolute Gasteiger partial charge is 0.239 e. The summed E-state index contributed by atoms with van der Waals surface area (Å²) in [5.41, 5.74) is 0. The molecule has 0 spiro atoms. The van der Waals surface area contributed by atoms with Gasteiger partial charge in [-0.15, -0.1) is 0 Å². The minimum atomic E-state index is 0.00572. The minimum absolute atomic E-state index is 0.00572. The zero-order valence-corrected chi connectivity index (χ0v) is 8.50. The van der Waals surface area contributed by atoms with Crippen LogP contribution in [0.15, 0.2) is 12.5 Å². The number of unbranched alkanes of at least 4 members (excludes halogenated alkanes) is 5. The Labute approximate surface area is 80.9 Å². The van der Waals surface area contributed by atoms with E-state index in [1.807, 2.05) is 0 Å². The van der Waals surface area contributed by atoms with Crippen LogP contribution in [0.5, 0.6) is 0 Å². The molecule has 0 unspecified atom stereocenters. The van der Waals surface area contributed by atoms with Crippen molar-refractivity contribution < 1.29 is 9.47 Å². The maximum atomic E-state index is 5.18. The molecule has 2 nitrogen and oxygen atoms in total. The van der Waals surface area contributed by atoms with Gasteiger partial charge in [0.2, 0.25) is 6.29 Å². The van der Waals surface area contributed by atoms with Crippen LogP contribution < -0.4 is 0 Å². The van der Waals surface area contributed by atoms with Gasteiger partial charge in [0.25, 0.3) is 0 Å². The third kappa shape index (κ3) is 4.81. The summed E-state index contributed by atoms with van der Waals surface area (Å²) in [5, 5.41) is 0. The Morgan fingerprint density at radius 2 is 1.54 bits per heavy atom. The van der Waals surface area contributed by atoms with Crippen LogP contribution in [0.1, 0.15) is 51.9 Å². The van der Waals surface area contributed by atoms with E-state index in [-0.39, 0.29) is 6.29 Å². The van der Waals surface area contributed by atoms with E-state index >= 15 is 0 Å². The normalized spacial score (nSPS) is 15.8. The first kappa shape index (κ1) is 10.4. The SMILES string of the molecule is CCCCCCCCC1OC=CO1. The highest BCUT2D eigenvalue weighted by Gasteiger charge is 2.10. The van der Waals surface area contributed by atoms with Gasteiger partial charge in [0.1, 0.15) is 12.5 Å². The molecule has 13 heavy (non-hydrogen) atoms. The van der Waals surface area contributed by atoms with Crippen LogP contribution in [-0.2, 0) is 9.47 Å². The van der Waals surface area contributed by atoms with E-state index in [0.29, 0.717) is 0 Å². The highest BCUT2D eigenvalue weighted by molar-refractivity contribution is 4.70. The van der Waals surface area contributed by atoms with E-state index in [2.05, 4.69) is 6.92 Å². The minimum Gasteiger partial charge on any atom is -0.459 e. The topological polar surface area (TPSA) is 18.5 Å². The summed E-state index contributed by atoms with van der Waals surface area (Å²) in [6, 6.07) is 0. The van der Waals surface area contributed by atoms with Crippen molar-refractivity contribution in [1.29, 1.82) is 0 Å². The Hall–Kier alpha value is -0.660. The lowest BCUT2D eigenvalue weighted by Crippen LogP contribution is -2.06. The molecular weight excluding hydrogens is 164 g/mol. The van der Waals surface area contributed by atoms with Gasteiger partial charge in [-0.05, 0) is 6.42 Å². The van der Waals surface area contributed by atoms with Gasteiger partial charge in [-0.2, -0.15) is 0 Å². The van der Waals surface area contributed by atoms with Crippen LogP contribution in [0.4, 0.5) is 0 Å². The van der Waals surface area contributed by atoms with Gasteiger partial charge in [0.05, 0.1) is 0 Å². The molecule has 76 valence electrons. The zero-order valence-electron chi connectivity index (χ0n) is 8.50. The van der Waals surface area contributed by atoms with Crippen molar-refractivity contribution in [1.82, 2.24) is 0 Å². The van der Waals surface area contributed by atoms with Crippen molar-refractivity contribution in [3.8, 4) is 0 Å². The van der Waals surface area contributed by atoms with Crippen LogP contribution in [-0.4, -0.2) is 6.29 Å². The summed E-state index contributed by atoms with van der Waals surface area (Å²) in [6.07, 6.45) is 12.2. The average Bonchev–Trinajstić information content (AvgIpc) is 2.63. The summed E-state index contributed by atoms with van der Waals surface area (Å²) in [5.74, 6) is 0. The van der Waals surface area contributed by atoms with E-state index in [1.54, 1.807) is 12.5 Å². The fourth-order valence-corrected chi connectivity index (χ4v) is 1.50. The molecule has 0 saturated heterocycles. The van der Waals surface area contributed by atoms with E-state index in [1.165, 1.54) is 38.5 Å². The second-order valence-corrected chi connectivity index (χ2v) is 3.53. The lowest BCUT2D eigenvalue weighted by Gasteiger charge is -2.09. The van der Waals surface area contributed by atoms with E-state index in [0.717, 1.165) is 6.42 Å².